The van der Waals surface area contributed by atoms with Crippen molar-refractivity contribution in [1.29, 1.82) is 0 Å². The molecule has 1 aliphatic rings. The van der Waals surface area contributed by atoms with Crippen LogP contribution < -0.4 is 10.6 Å². The summed E-state index contributed by atoms with van der Waals surface area (Å²) in [7, 11) is 0. The van der Waals surface area contributed by atoms with Crippen LogP contribution in [0.2, 0.25) is 0 Å². The number of carbonyl (C=O) groups excluding carboxylic acids is 1. The lowest BCUT2D eigenvalue weighted by molar-refractivity contribution is -0.120. The molecule has 0 fully saturated rings. The monoisotopic (exact) mass is 260 g/mol. The Kier molecular flexibility index (Phi) is 4.83. The number of amides is 1. The van der Waals surface area contributed by atoms with Gasteiger partial charge in [-0.15, -0.1) is 0 Å². The molecule has 0 aromatic heterocycles. The highest BCUT2D eigenvalue weighted by molar-refractivity contribution is 5.81. The molecule has 0 spiro atoms. The van der Waals surface area contributed by atoms with Crippen molar-refractivity contribution >= 4 is 11.6 Å². The quantitative estimate of drug-likeness (QED) is 0.854. The Labute approximate surface area is 115 Å². The lowest BCUT2D eigenvalue weighted by Gasteiger charge is -2.20. The number of carbonyl (C=O) groups is 1. The van der Waals surface area contributed by atoms with E-state index in [1.54, 1.807) is 0 Å². The Balaban J connectivity index is 1.94. The van der Waals surface area contributed by atoms with Gasteiger partial charge in [-0.2, -0.15) is 0 Å². The van der Waals surface area contributed by atoms with E-state index in [2.05, 4.69) is 35.8 Å². The molecule has 1 atom stereocenters. The third-order valence-corrected chi connectivity index (χ3v) is 3.86. The van der Waals surface area contributed by atoms with E-state index in [9.17, 15) is 4.79 Å². The summed E-state index contributed by atoms with van der Waals surface area (Å²) in [4.78, 5) is 11.8. The smallest absolute Gasteiger partial charge is 0.239 e. The molecule has 0 saturated carbocycles. The summed E-state index contributed by atoms with van der Waals surface area (Å²) in [5.41, 5.74) is 3.99. The van der Waals surface area contributed by atoms with Gasteiger partial charge in [0.15, 0.2) is 0 Å². The lowest BCUT2D eigenvalue weighted by atomic mass is 9.90. The second-order valence-electron chi connectivity index (χ2n) is 5.38. The SMILES string of the molecule is CCC(C)NC(=O)CNc1cccc2c1CCCC2. The van der Waals surface area contributed by atoms with E-state index < -0.39 is 0 Å². The number of fused-ring (bicyclic) bond motifs is 1. The molecule has 0 bridgehead atoms. The first-order chi connectivity index (χ1) is 9.20. The molecule has 1 aromatic carbocycles. The van der Waals surface area contributed by atoms with Crippen LogP contribution in [0.3, 0.4) is 0 Å². The maximum Gasteiger partial charge on any atom is 0.239 e. The van der Waals surface area contributed by atoms with Gasteiger partial charge in [0.1, 0.15) is 0 Å². The summed E-state index contributed by atoms with van der Waals surface area (Å²) in [6, 6.07) is 6.62. The molecule has 1 aromatic rings. The number of nitrogens with one attached hydrogen (secondary N) is 2. The molecule has 0 saturated heterocycles. The van der Waals surface area contributed by atoms with Gasteiger partial charge in [-0.05, 0) is 56.2 Å². The first kappa shape index (κ1) is 13.9. The van der Waals surface area contributed by atoms with E-state index in [0.717, 1.165) is 18.5 Å². The van der Waals surface area contributed by atoms with Gasteiger partial charge in [-0.25, -0.2) is 0 Å². The zero-order valence-electron chi connectivity index (χ0n) is 12.0. The molecule has 3 nitrogen and oxygen atoms in total. The minimum atomic E-state index is 0.0720. The van der Waals surface area contributed by atoms with Crippen molar-refractivity contribution in [1.82, 2.24) is 5.32 Å². The summed E-state index contributed by atoms with van der Waals surface area (Å²) >= 11 is 0. The van der Waals surface area contributed by atoms with Crippen molar-refractivity contribution in [3.63, 3.8) is 0 Å². The van der Waals surface area contributed by atoms with Gasteiger partial charge in [0.25, 0.3) is 0 Å². The van der Waals surface area contributed by atoms with Crippen LogP contribution in [-0.2, 0) is 17.6 Å². The largest absolute Gasteiger partial charge is 0.376 e. The van der Waals surface area contributed by atoms with Crippen LogP contribution in [0.1, 0.15) is 44.2 Å². The molecule has 2 N–H and O–H groups in total. The Hall–Kier alpha value is -1.51. The van der Waals surface area contributed by atoms with E-state index in [4.69, 9.17) is 0 Å². The molecule has 1 aliphatic carbocycles. The Morgan fingerprint density at radius 3 is 2.89 bits per heavy atom. The molecule has 19 heavy (non-hydrogen) atoms. The van der Waals surface area contributed by atoms with E-state index >= 15 is 0 Å². The molecule has 1 unspecified atom stereocenters. The fraction of sp³-hybridized carbons (Fsp3) is 0.562. The van der Waals surface area contributed by atoms with Gasteiger partial charge < -0.3 is 10.6 Å². The minimum Gasteiger partial charge on any atom is -0.376 e. The highest BCUT2D eigenvalue weighted by Crippen LogP contribution is 2.27. The van der Waals surface area contributed by atoms with Crippen molar-refractivity contribution in [3.8, 4) is 0 Å². The number of aryl methyl sites for hydroxylation is 1. The van der Waals surface area contributed by atoms with Crippen molar-refractivity contribution in [3.05, 3.63) is 29.3 Å². The highest BCUT2D eigenvalue weighted by Gasteiger charge is 2.13. The third-order valence-electron chi connectivity index (χ3n) is 3.86. The normalized spacial score (nSPS) is 15.5. The van der Waals surface area contributed by atoms with Gasteiger partial charge in [-0.1, -0.05) is 19.1 Å². The minimum absolute atomic E-state index is 0.0720. The summed E-state index contributed by atoms with van der Waals surface area (Å²) in [5, 5.41) is 6.27. The maximum atomic E-state index is 11.8. The number of anilines is 1. The van der Waals surface area contributed by atoms with E-state index in [1.165, 1.54) is 30.4 Å². The Morgan fingerprint density at radius 1 is 1.32 bits per heavy atom. The predicted octanol–water partition coefficient (Wildman–Crippen LogP) is 2.89. The fourth-order valence-electron chi connectivity index (χ4n) is 2.55. The third kappa shape index (κ3) is 3.72. The average Bonchev–Trinajstić information content (AvgIpc) is 2.44. The lowest BCUT2D eigenvalue weighted by Crippen LogP contribution is -2.36. The van der Waals surface area contributed by atoms with Crippen molar-refractivity contribution in [2.75, 3.05) is 11.9 Å². The summed E-state index contributed by atoms with van der Waals surface area (Å²) in [6.45, 7) is 4.47. The van der Waals surface area contributed by atoms with Crippen LogP contribution in [-0.4, -0.2) is 18.5 Å². The second kappa shape index (κ2) is 6.60. The highest BCUT2D eigenvalue weighted by atomic mass is 16.1. The summed E-state index contributed by atoms with van der Waals surface area (Å²) in [5.74, 6) is 0.0720. The van der Waals surface area contributed by atoms with Crippen molar-refractivity contribution in [2.45, 2.75) is 52.0 Å². The molecule has 0 heterocycles. The van der Waals surface area contributed by atoms with Crippen LogP contribution in [0.25, 0.3) is 0 Å². The van der Waals surface area contributed by atoms with Crippen LogP contribution >= 0.6 is 0 Å². The van der Waals surface area contributed by atoms with Crippen molar-refractivity contribution < 1.29 is 4.79 Å². The van der Waals surface area contributed by atoms with Gasteiger partial charge in [0.2, 0.25) is 5.91 Å². The molecule has 0 aliphatic heterocycles. The Bertz CT molecular complexity index is 442. The molecular formula is C16H24N2O. The molecule has 104 valence electrons. The number of hydrogen-bond donors (Lipinski definition) is 2. The number of benzene rings is 1. The summed E-state index contributed by atoms with van der Waals surface area (Å²) in [6.07, 6.45) is 5.80. The first-order valence-electron chi connectivity index (χ1n) is 7.34. The van der Waals surface area contributed by atoms with Crippen LogP contribution in [0.4, 0.5) is 5.69 Å². The second-order valence-corrected chi connectivity index (χ2v) is 5.38. The van der Waals surface area contributed by atoms with Gasteiger partial charge in [0, 0.05) is 11.7 Å². The van der Waals surface area contributed by atoms with E-state index in [0.29, 0.717) is 6.54 Å². The average molecular weight is 260 g/mol. The zero-order chi connectivity index (χ0) is 13.7. The van der Waals surface area contributed by atoms with Crippen LogP contribution in [0, 0.1) is 0 Å². The zero-order valence-corrected chi connectivity index (χ0v) is 12.0. The fourth-order valence-corrected chi connectivity index (χ4v) is 2.55. The van der Waals surface area contributed by atoms with Gasteiger partial charge >= 0.3 is 0 Å². The van der Waals surface area contributed by atoms with E-state index in [-0.39, 0.29) is 11.9 Å². The molecule has 1 amide bonds. The molecule has 3 heteroatoms. The van der Waals surface area contributed by atoms with Gasteiger partial charge in [0.05, 0.1) is 6.54 Å². The van der Waals surface area contributed by atoms with Gasteiger partial charge in [-0.3, -0.25) is 4.79 Å². The number of hydrogen-bond acceptors (Lipinski definition) is 2. The molecule has 0 radical (unpaired) electrons. The predicted molar refractivity (Wildman–Crippen MR) is 79.5 cm³/mol. The van der Waals surface area contributed by atoms with Crippen LogP contribution in [0.5, 0.6) is 0 Å². The first-order valence-corrected chi connectivity index (χ1v) is 7.34. The Morgan fingerprint density at radius 2 is 2.11 bits per heavy atom. The van der Waals surface area contributed by atoms with Crippen molar-refractivity contribution in [2.24, 2.45) is 0 Å². The summed E-state index contributed by atoms with van der Waals surface area (Å²) < 4.78 is 0. The maximum absolute atomic E-state index is 11.8. The topological polar surface area (TPSA) is 41.1 Å². The standard InChI is InChI=1S/C16H24N2O/c1-3-12(2)18-16(19)11-17-15-10-6-8-13-7-4-5-9-14(13)15/h6,8,10,12,17H,3-5,7,9,11H2,1-2H3,(H,18,19). The molecule has 2 rings (SSSR count). The van der Waals surface area contributed by atoms with E-state index in [1.807, 2.05) is 6.92 Å². The number of rotatable bonds is 5. The molecular weight excluding hydrogens is 236 g/mol. The van der Waals surface area contributed by atoms with Crippen LogP contribution in [0.15, 0.2) is 18.2 Å².